The zero-order chi connectivity index (χ0) is 16.6. The minimum atomic E-state index is -0.251. The van der Waals surface area contributed by atoms with Crippen LogP contribution in [0.2, 0.25) is 0 Å². The van der Waals surface area contributed by atoms with E-state index in [2.05, 4.69) is 52.5 Å². The van der Waals surface area contributed by atoms with E-state index in [1.807, 2.05) is 24.3 Å². The lowest BCUT2D eigenvalue weighted by molar-refractivity contribution is 0.0774. The van der Waals surface area contributed by atoms with Crippen molar-refractivity contribution >= 4 is 11.6 Å². The third-order valence-electron chi connectivity index (χ3n) is 5.43. The van der Waals surface area contributed by atoms with Gasteiger partial charge in [0.1, 0.15) is 5.66 Å². The number of para-hydroxylation sites is 1. The molecule has 124 valence electrons. The molecule has 0 aromatic heterocycles. The molecule has 0 saturated carbocycles. The van der Waals surface area contributed by atoms with Crippen LogP contribution < -0.4 is 10.2 Å². The van der Waals surface area contributed by atoms with Crippen LogP contribution in [0.25, 0.3) is 0 Å². The Morgan fingerprint density at radius 1 is 1.00 bits per heavy atom. The van der Waals surface area contributed by atoms with Crippen molar-refractivity contribution in [2.45, 2.75) is 25.0 Å². The van der Waals surface area contributed by atoms with E-state index in [1.165, 1.54) is 5.56 Å². The third-order valence-corrected chi connectivity index (χ3v) is 5.43. The maximum atomic E-state index is 12.5. The number of hydrogen-bond acceptors (Lipinski definition) is 3. The van der Waals surface area contributed by atoms with E-state index in [0.29, 0.717) is 0 Å². The highest BCUT2D eigenvalue weighted by atomic mass is 16.2. The first-order valence-corrected chi connectivity index (χ1v) is 8.60. The first-order valence-electron chi connectivity index (χ1n) is 8.60. The van der Waals surface area contributed by atoms with Crippen LogP contribution in [-0.2, 0) is 6.54 Å². The summed E-state index contributed by atoms with van der Waals surface area (Å²) >= 11 is 0. The molecule has 1 amide bonds. The first kappa shape index (κ1) is 15.2. The van der Waals surface area contributed by atoms with Crippen molar-refractivity contribution in [1.29, 1.82) is 0 Å². The molecule has 4 rings (SSSR count). The van der Waals surface area contributed by atoms with E-state index in [4.69, 9.17) is 0 Å². The minimum absolute atomic E-state index is 0.0557. The number of carbonyl (C=O) groups excluding carboxylic acids is 1. The van der Waals surface area contributed by atoms with E-state index >= 15 is 0 Å². The number of nitrogens with one attached hydrogen (secondary N) is 1. The number of piperidine rings is 1. The van der Waals surface area contributed by atoms with Crippen LogP contribution in [0.4, 0.5) is 5.69 Å². The zero-order valence-electron chi connectivity index (χ0n) is 14.0. The van der Waals surface area contributed by atoms with Crippen molar-refractivity contribution in [3.05, 3.63) is 65.7 Å². The number of rotatable bonds is 2. The van der Waals surface area contributed by atoms with Crippen molar-refractivity contribution in [2.75, 3.05) is 25.0 Å². The van der Waals surface area contributed by atoms with E-state index < -0.39 is 0 Å². The number of amides is 1. The molecule has 2 aliphatic heterocycles. The number of hydrogen-bond donors (Lipinski definition) is 1. The number of carbonyl (C=O) groups is 1. The van der Waals surface area contributed by atoms with Gasteiger partial charge in [0, 0.05) is 39.5 Å². The van der Waals surface area contributed by atoms with Crippen LogP contribution in [0.1, 0.15) is 28.8 Å². The average Bonchev–Trinajstić information content (AvgIpc) is 2.63. The van der Waals surface area contributed by atoms with Gasteiger partial charge < -0.3 is 10.2 Å². The maximum Gasteiger partial charge on any atom is 0.255 e. The Hall–Kier alpha value is -2.33. The number of nitrogens with zero attached hydrogens (tertiary/aromatic N) is 2. The van der Waals surface area contributed by atoms with E-state index in [0.717, 1.165) is 43.7 Å². The molecule has 1 fully saturated rings. The molecule has 2 aromatic rings. The Kier molecular flexibility index (Phi) is 3.77. The summed E-state index contributed by atoms with van der Waals surface area (Å²) < 4.78 is 0. The second-order valence-electron chi connectivity index (χ2n) is 6.82. The number of benzene rings is 2. The fourth-order valence-corrected chi connectivity index (χ4v) is 3.93. The van der Waals surface area contributed by atoms with Gasteiger partial charge in [-0.2, -0.15) is 0 Å². The quantitative estimate of drug-likeness (QED) is 0.924. The average molecular weight is 321 g/mol. The lowest BCUT2D eigenvalue weighted by Crippen LogP contribution is -2.66. The summed E-state index contributed by atoms with van der Waals surface area (Å²) in [5.74, 6) is 0.0557. The second kappa shape index (κ2) is 5.95. The smallest absolute Gasteiger partial charge is 0.255 e. The highest BCUT2D eigenvalue weighted by Crippen LogP contribution is 2.36. The predicted octanol–water partition coefficient (Wildman–Crippen LogP) is 2.86. The fourth-order valence-electron chi connectivity index (χ4n) is 3.93. The molecule has 0 bridgehead atoms. The maximum absolute atomic E-state index is 12.5. The summed E-state index contributed by atoms with van der Waals surface area (Å²) in [6.45, 7) is 2.95. The standard InChI is InChI=1S/C20H23N3O/c1-22-18-10-6-5-9-17(18)19(24)21-20(22)11-13-23(14-12-20)15-16-7-3-2-4-8-16/h2-10H,11-15H2,1H3,(H,21,24). The topological polar surface area (TPSA) is 35.6 Å². The molecule has 0 radical (unpaired) electrons. The van der Waals surface area contributed by atoms with E-state index in [-0.39, 0.29) is 11.6 Å². The molecular formula is C20H23N3O. The Bertz CT molecular complexity index is 736. The van der Waals surface area contributed by atoms with Gasteiger partial charge in [0.05, 0.1) is 11.3 Å². The fraction of sp³-hybridized carbons (Fsp3) is 0.350. The largest absolute Gasteiger partial charge is 0.351 e. The molecule has 0 unspecified atom stereocenters. The summed E-state index contributed by atoms with van der Waals surface area (Å²) in [4.78, 5) is 17.3. The van der Waals surface area contributed by atoms with Crippen LogP contribution in [0.15, 0.2) is 54.6 Å². The molecule has 24 heavy (non-hydrogen) atoms. The van der Waals surface area contributed by atoms with E-state index in [1.54, 1.807) is 0 Å². The van der Waals surface area contributed by atoms with Crippen molar-refractivity contribution in [3.63, 3.8) is 0 Å². The SMILES string of the molecule is CN1c2ccccc2C(=O)NC12CCN(Cc1ccccc1)CC2. The van der Waals surface area contributed by atoms with Crippen molar-refractivity contribution in [2.24, 2.45) is 0 Å². The molecule has 0 aliphatic carbocycles. The van der Waals surface area contributed by atoms with Crippen LogP contribution in [0, 0.1) is 0 Å². The number of likely N-dealkylation sites (tertiary alicyclic amines) is 1. The summed E-state index contributed by atoms with van der Waals surface area (Å²) in [5.41, 5.74) is 2.91. The Balaban J connectivity index is 1.50. The Labute approximate surface area is 143 Å². The van der Waals surface area contributed by atoms with Crippen molar-refractivity contribution in [1.82, 2.24) is 10.2 Å². The molecule has 1 spiro atoms. The van der Waals surface area contributed by atoms with Gasteiger partial charge in [-0.25, -0.2) is 0 Å². The summed E-state index contributed by atoms with van der Waals surface area (Å²) in [5, 5.41) is 3.28. The Morgan fingerprint density at radius 3 is 2.42 bits per heavy atom. The summed E-state index contributed by atoms with van der Waals surface area (Å²) in [6.07, 6.45) is 1.88. The van der Waals surface area contributed by atoms with Crippen LogP contribution in [0.5, 0.6) is 0 Å². The van der Waals surface area contributed by atoms with Crippen molar-refractivity contribution in [3.8, 4) is 0 Å². The molecule has 2 aliphatic rings. The molecule has 4 heteroatoms. The van der Waals surface area contributed by atoms with Gasteiger partial charge in [-0.1, -0.05) is 42.5 Å². The normalized spacial score (nSPS) is 19.9. The van der Waals surface area contributed by atoms with Gasteiger partial charge in [-0.05, 0) is 17.7 Å². The lowest BCUT2D eigenvalue weighted by Gasteiger charge is -2.51. The predicted molar refractivity (Wildman–Crippen MR) is 96.0 cm³/mol. The number of anilines is 1. The molecule has 4 nitrogen and oxygen atoms in total. The lowest BCUT2D eigenvalue weighted by atomic mass is 9.90. The Morgan fingerprint density at radius 2 is 1.67 bits per heavy atom. The molecule has 2 aromatic carbocycles. The van der Waals surface area contributed by atoms with E-state index in [9.17, 15) is 4.79 Å². The van der Waals surface area contributed by atoms with Gasteiger partial charge >= 0.3 is 0 Å². The van der Waals surface area contributed by atoms with Crippen LogP contribution >= 0.6 is 0 Å². The second-order valence-corrected chi connectivity index (χ2v) is 6.82. The zero-order valence-corrected chi connectivity index (χ0v) is 14.0. The summed E-state index contributed by atoms with van der Waals surface area (Å²) in [7, 11) is 2.10. The van der Waals surface area contributed by atoms with Crippen molar-refractivity contribution < 1.29 is 4.79 Å². The van der Waals surface area contributed by atoms with Gasteiger partial charge in [0.25, 0.3) is 5.91 Å². The monoisotopic (exact) mass is 321 g/mol. The van der Waals surface area contributed by atoms with Gasteiger partial charge in [0.15, 0.2) is 0 Å². The first-order chi connectivity index (χ1) is 11.7. The van der Waals surface area contributed by atoms with Gasteiger partial charge in [-0.3, -0.25) is 9.69 Å². The number of fused-ring (bicyclic) bond motifs is 1. The van der Waals surface area contributed by atoms with Crippen LogP contribution in [-0.4, -0.2) is 36.6 Å². The third kappa shape index (κ3) is 2.57. The van der Waals surface area contributed by atoms with Crippen LogP contribution in [0.3, 0.4) is 0 Å². The minimum Gasteiger partial charge on any atom is -0.351 e. The molecule has 2 heterocycles. The van der Waals surface area contributed by atoms with Gasteiger partial charge in [-0.15, -0.1) is 0 Å². The molecular weight excluding hydrogens is 298 g/mol. The highest BCUT2D eigenvalue weighted by molar-refractivity contribution is 6.02. The molecule has 1 N–H and O–H groups in total. The molecule has 0 atom stereocenters. The summed E-state index contributed by atoms with van der Waals surface area (Å²) in [6, 6.07) is 18.5. The molecule has 1 saturated heterocycles. The van der Waals surface area contributed by atoms with Gasteiger partial charge in [0.2, 0.25) is 0 Å². The highest BCUT2D eigenvalue weighted by Gasteiger charge is 2.43.